The Kier molecular flexibility index (Phi) is 6.42. The van der Waals surface area contributed by atoms with Gasteiger partial charge in [0.2, 0.25) is 0 Å². The van der Waals surface area contributed by atoms with Gasteiger partial charge in [-0.15, -0.1) is 0 Å². The molecule has 10 aromatic rings. The molecule has 0 N–H and O–H groups in total. The topological polar surface area (TPSA) is 65.0 Å². The number of furan rings is 2. The molecule has 7 aromatic carbocycles. The summed E-state index contributed by atoms with van der Waals surface area (Å²) < 4.78 is 12.6. The van der Waals surface area contributed by atoms with Crippen LogP contribution < -0.4 is 0 Å². The van der Waals surface area contributed by atoms with E-state index in [0.29, 0.717) is 17.5 Å². The number of hydrogen-bond donors (Lipinski definition) is 0. The predicted molar refractivity (Wildman–Crippen MR) is 202 cm³/mol. The Hall–Kier alpha value is -6.85. The van der Waals surface area contributed by atoms with Gasteiger partial charge in [-0.1, -0.05) is 140 Å². The zero-order valence-electron chi connectivity index (χ0n) is 26.7. The Morgan fingerprint density at radius 3 is 1.54 bits per heavy atom. The minimum absolute atomic E-state index is 0.556. The molecule has 5 nitrogen and oxygen atoms in total. The van der Waals surface area contributed by atoms with E-state index in [9.17, 15) is 0 Å². The number of aromatic nitrogens is 3. The molecule has 0 radical (unpaired) electrons. The SMILES string of the molecule is c1ccc(-c2ccc(-c3nc(-c4ccc(-c5cccc6oc7ccccc7c56)cc4)nc(-c4cccc5c4oc4ccccc45)n3)cc2)cc1. The van der Waals surface area contributed by atoms with Gasteiger partial charge in [0.15, 0.2) is 17.5 Å². The quantitative estimate of drug-likeness (QED) is 0.187. The third kappa shape index (κ3) is 4.67. The van der Waals surface area contributed by atoms with E-state index in [1.54, 1.807) is 0 Å². The third-order valence-corrected chi connectivity index (χ3v) is 9.39. The highest BCUT2D eigenvalue weighted by molar-refractivity contribution is 6.12. The number of benzene rings is 7. The van der Waals surface area contributed by atoms with Crippen molar-refractivity contribution >= 4 is 43.9 Å². The van der Waals surface area contributed by atoms with Crippen molar-refractivity contribution in [2.75, 3.05) is 0 Å². The minimum Gasteiger partial charge on any atom is -0.456 e. The van der Waals surface area contributed by atoms with Gasteiger partial charge >= 0.3 is 0 Å². The van der Waals surface area contributed by atoms with E-state index in [0.717, 1.165) is 82.8 Å². The first kappa shape index (κ1) is 28.2. The molecule has 50 heavy (non-hydrogen) atoms. The second-order valence-corrected chi connectivity index (χ2v) is 12.4. The summed E-state index contributed by atoms with van der Waals surface area (Å²) in [5.41, 5.74) is 10.4. The molecular formula is C45H27N3O2. The molecule has 0 unspecified atom stereocenters. The van der Waals surface area contributed by atoms with Gasteiger partial charge in [-0.3, -0.25) is 0 Å². The summed E-state index contributed by atoms with van der Waals surface area (Å²) >= 11 is 0. The van der Waals surface area contributed by atoms with Crippen molar-refractivity contribution in [2.45, 2.75) is 0 Å². The van der Waals surface area contributed by atoms with Crippen molar-refractivity contribution in [3.8, 4) is 56.4 Å². The molecule has 0 saturated carbocycles. The van der Waals surface area contributed by atoms with E-state index in [2.05, 4.69) is 97.1 Å². The fourth-order valence-corrected chi connectivity index (χ4v) is 6.93. The first-order chi connectivity index (χ1) is 24.8. The van der Waals surface area contributed by atoms with Crippen molar-refractivity contribution in [1.82, 2.24) is 15.0 Å². The van der Waals surface area contributed by atoms with E-state index in [-0.39, 0.29) is 0 Å². The second kappa shape index (κ2) is 11.4. The lowest BCUT2D eigenvalue weighted by Crippen LogP contribution is -2.00. The van der Waals surface area contributed by atoms with Crippen molar-refractivity contribution < 1.29 is 8.83 Å². The lowest BCUT2D eigenvalue weighted by molar-refractivity contribution is 0.669. The summed E-state index contributed by atoms with van der Waals surface area (Å²) in [5.74, 6) is 1.74. The number of fused-ring (bicyclic) bond motifs is 6. The number of hydrogen-bond acceptors (Lipinski definition) is 5. The minimum atomic E-state index is 0.556. The molecular weight excluding hydrogens is 615 g/mol. The Morgan fingerprint density at radius 2 is 0.800 bits per heavy atom. The largest absolute Gasteiger partial charge is 0.456 e. The van der Waals surface area contributed by atoms with Crippen LogP contribution in [0.1, 0.15) is 0 Å². The number of para-hydroxylation sites is 3. The number of rotatable bonds is 5. The summed E-state index contributed by atoms with van der Waals surface area (Å²) in [6.45, 7) is 0. The zero-order chi connectivity index (χ0) is 33.0. The van der Waals surface area contributed by atoms with Crippen LogP contribution in [0.4, 0.5) is 0 Å². The Balaban J connectivity index is 1.12. The first-order valence-electron chi connectivity index (χ1n) is 16.6. The fraction of sp³-hybridized carbons (Fsp3) is 0. The molecule has 0 amide bonds. The van der Waals surface area contributed by atoms with Gasteiger partial charge in [0, 0.05) is 32.7 Å². The maximum absolute atomic E-state index is 6.41. The smallest absolute Gasteiger partial charge is 0.167 e. The van der Waals surface area contributed by atoms with E-state index in [4.69, 9.17) is 23.8 Å². The summed E-state index contributed by atoms with van der Waals surface area (Å²) in [4.78, 5) is 15.2. The average Bonchev–Trinajstić information content (AvgIpc) is 3.77. The summed E-state index contributed by atoms with van der Waals surface area (Å²) in [6.07, 6.45) is 0. The Morgan fingerprint density at radius 1 is 0.300 bits per heavy atom. The van der Waals surface area contributed by atoms with Crippen LogP contribution in [0.25, 0.3) is 100 Å². The van der Waals surface area contributed by atoms with Crippen LogP contribution in [0.2, 0.25) is 0 Å². The van der Waals surface area contributed by atoms with Crippen LogP contribution in [0, 0.1) is 0 Å². The molecule has 0 aliphatic heterocycles. The van der Waals surface area contributed by atoms with Crippen LogP contribution >= 0.6 is 0 Å². The van der Waals surface area contributed by atoms with Crippen LogP contribution in [-0.2, 0) is 0 Å². The van der Waals surface area contributed by atoms with Crippen LogP contribution in [-0.4, -0.2) is 15.0 Å². The Bertz CT molecular complexity index is 2850. The van der Waals surface area contributed by atoms with E-state index < -0.39 is 0 Å². The normalized spacial score (nSPS) is 11.6. The van der Waals surface area contributed by atoms with E-state index in [1.807, 2.05) is 66.7 Å². The van der Waals surface area contributed by atoms with Gasteiger partial charge in [-0.25, -0.2) is 15.0 Å². The molecule has 0 atom stereocenters. The van der Waals surface area contributed by atoms with E-state index >= 15 is 0 Å². The van der Waals surface area contributed by atoms with Gasteiger partial charge in [-0.05, 0) is 46.5 Å². The maximum atomic E-state index is 6.41. The summed E-state index contributed by atoms with van der Waals surface area (Å²) in [6, 6.07) is 55.8. The molecule has 234 valence electrons. The summed E-state index contributed by atoms with van der Waals surface area (Å²) in [7, 11) is 0. The standard InChI is InChI=1S/C45H27N3O2/c1-2-10-28(11-3-1)29-20-24-31(25-21-29)43-46-44(48-45(47-43)37-16-8-15-35-34-12-4-6-17-38(34)50-42(35)37)32-26-22-30(23-27-32)33-14-9-19-40-41(33)36-13-5-7-18-39(36)49-40/h1-27H. The molecule has 0 bridgehead atoms. The molecule has 0 aliphatic rings. The molecule has 0 fully saturated rings. The highest BCUT2D eigenvalue weighted by Crippen LogP contribution is 2.38. The first-order valence-corrected chi connectivity index (χ1v) is 16.6. The fourth-order valence-electron chi connectivity index (χ4n) is 6.93. The zero-order valence-corrected chi connectivity index (χ0v) is 26.7. The van der Waals surface area contributed by atoms with Crippen molar-refractivity contribution in [3.63, 3.8) is 0 Å². The average molecular weight is 642 g/mol. The second-order valence-electron chi connectivity index (χ2n) is 12.4. The molecule has 10 rings (SSSR count). The van der Waals surface area contributed by atoms with Crippen molar-refractivity contribution in [3.05, 3.63) is 164 Å². The van der Waals surface area contributed by atoms with Crippen molar-refractivity contribution in [1.29, 1.82) is 0 Å². The molecule has 0 saturated heterocycles. The van der Waals surface area contributed by atoms with Crippen LogP contribution in [0.3, 0.4) is 0 Å². The summed E-state index contributed by atoms with van der Waals surface area (Å²) in [5, 5.41) is 4.30. The highest BCUT2D eigenvalue weighted by atomic mass is 16.3. The Labute approximate surface area is 287 Å². The predicted octanol–water partition coefficient (Wildman–Crippen LogP) is 12.0. The lowest BCUT2D eigenvalue weighted by atomic mass is 9.98. The molecule has 0 spiro atoms. The van der Waals surface area contributed by atoms with Gasteiger partial charge in [0.1, 0.15) is 22.3 Å². The number of nitrogens with zero attached hydrogens (tertiary/aromatic N) is 3. The van der Waals surface area contributed by atoms with Gasteiger partial charge in [-0.2, -0.15) is 0 Å². The van der Waals surface area contributed by atoms with Crippen molar-refractivity contribution in [2.24, 2.45) is 0 Å². The highest BCUT2D eigenvalue weighted by Gasteiger charge is 2.18. The van der Waals surface area contributed by atoms with Crippen LogP contribution in [0.15, 0.2) is 173 Å². The monoisotopic (exact) mass is 641 g/mol. The van der Waals surface area contributed by atoms with Gasteiger partial charge in [0.05, 0.1) is 5.56 Å². The third-order valence-electron chi connectivity index (χ3n) is 9.39. The van der Waals surface area contributed by atoms with Gasteiger partial charge in [0.25, 0.3) is 0 Å². The molecule has 3 heterocycles. The molecule has 3 aromatic heterocycles. The maximum Gasteiger partial charge on any atom is 0.167 e. The van der Waals surface area contributed by atoms with Crippen LogP contribution in [0.5, 0.6) is 0 Å². The molecule has 5 heteroatoms. The lowest BCUT2D eigenvalue weighted by Gasteiger charge is -2.10. The molecule has 0 aliphatic carbocycles. The van der Waals surface area contributed by atoms with Gasteiger partial charge < -0.3 is 8.83 Å². The van der Waals surface area contributed by atoms with E-state index in [1.165, 1.54) is 0 Å².